The third-order valence-electron chi connectivity index (χ3n) is 3.70. The van der Waals surface area contributed by atoms with Crippen LogP contribution in [0.4, 0.5) is 5.95 Å². The second-order valence-electron chi connectivity index (χ2n) is 5.24. The topological polar surface area (TPSA) is 44.3 Å². The molecular weight excluding hydrogens is 226 g/mol. The van der Waals surface area contributed by atoms with Gasteiger partial charge in [-0.15, -0.1) is 0 Å². The van der Waals surface area contributed by atoms with Crippen molar-refractivity contribution in [1.82, 2.24) is 19.8 Å². The van der Waals surface area contributed by atoms with Crippen LogP contribution in [0.1, 0.15) is 11.3 Å². The van der Waals surface area contributed by atoms with Gasteiger partial charge in [0.05, 0.1) is 0 Å². The molecule has 1 N–H and O–H groups in total. The van der Waals surface area contributed by atoms with Crippen molar-refractivity contribution >= 4 is 5.95 Å². The number of nitrogens with zero attached hydrogens (tertiary/aromatic N) is 4. The highest BCUT2D eigenvalue weighted by atomic mass is 15.3. The summed E-state index contributed by atoms with van der Waals surface area (Å²) < 4.78 is 0. The summed E-state index contributed by atoms with van der Waals surface area (Å²) >= 11 is 0. The van der Waals surface area contributed by atoms with Gasteiger partial charge in [-0.25, -0.2) is 9.97 Å². The van der Waals surface area contributed by atoms with E-state index in [0.29, 0.717) is 6.04 Å². The van der Waals surface area contributed by atoms with Crippen LogP contribution in [0.2, 0.25) is 0 Å². The molecule has 0 bridgehead atoms. The molecule has 1 aromatic rings. The van der Waals surface area contributed by atoms with Gasteiger partial charge in [-0.1, -0.05) is 0 Å². The van der Waals surface area contributed by atoms with Crippen LogP contribution in [0.5, 0.6) is 0 Å². The fourth-order valence-electron chi connectivity index (χ4n) is 2.14. The molecule has 2 heterocycles. The Morgan fingerprint density at radius 1 is 1.33 bits per heavy atom. The average molecular weight is 249 g/mol. The number of piperazine rings is 1. The predicted octanol–water partition coefficient (Wildman–Crippen LogP) is 0.751. The van der Waals surface area contributed by atoms with Gasteiger partial charge in [-0.05, 0) is 33.5 Å². The smallest absolute Gasteiger partial charge is 0.222 e. The number of anilines is 1. The quantitative estimate of drug-likeness (QED) is 0.856. The normalized spacial score (nSPS) is 22.1. The molecule has 18 heavy (non-hydrogen) atoms. The van der Waals surface area contributed by atoms with Crippen molar-refractivity contribution in [2.45, 2.75) is 19.9 Å². The van der Waals surface area contributed by atoms with Crippen molar-refractivity contribution in [2.24, 2.45) is 0 Å². The number of nitrogens with one attached hydrogen (secondary N) is 1. The number of likely N-dealkylation sites (N-methyl/N-ethyl adjacent to an activating group) is 2. The Kier molecular flexibility index (Phi) is 4.14. The van der Waals surface area contributed by atoms with Crippen LogP contribution >= 0.6 is 0 Å². The highest BCUT2D eigenvalue weighted by Crippen LogP contribution is 2.08. The first-order valence-electron chi connectivity index (χ1n) is 6.49. The third kappa shape index (κ3) is 3.17. The van der Waals surface area contributed by atoms with Crippen molar-refractivity contribution < 1.29 is 0 Å². The SMILES string of the molecule is Cc1cnc(NCC2CN(C)CCN2C)nc1C. The Hall–Kier alpha value is -1.20. The van der Waals surface area contributed by atoms with Crippen molar-refractivity contribution in [1.29, 1.82) is 0 Å². The molecule has 1 atom stereocenters. The van der Waals surface area contributed by atoms with Gasteiger partial charge in [0.2, 0.25) is 5.95 Å². The van der Waals surface area contributed by atoms with E-state index in [4.69, 9.17) is 0 Å². The summed E-state index contributed by atoms with van der Waals surface area (Å²) in [5, 5.41) is 3.34. The molecule has 5 heteroatoms. The summed E-state index contributed by atoms with van der Waals surface area (Å²) in [6.07, 6.45) is 1.88. The molecular formula is C13H23N5. The molecule has 0 spiro atoms. The monoisotopic (exact) mass is 249 g/mol. The lowest BCUT2D eigenvalue weighted by Crippen LogP contribution is -2.52. The lowest BCUT2D eigenvalue weighted by Gasteiger charge is -2.37. The summed E-state index contributed by atoms with van der Waals surface area (Å²) in [7, 11) is 4.35. The van der Waals surface area contributed by atoms with Crippen molar-refractivity contribution in [3.63, 3.8) is 0 Å². The molecule has 0 aliphatic carbocycles. The van der Waals surface area contributed by atoms with E-state index >= 15 is 0 Å². The van der Waals surface area contributed by atoms with E-state index in [9.17, 15) is 0 Å². The van der Waals surface area contributed by atoms with Gasteiger partial charge >= 0.3 is 0 Å². The molecule has 1 unspecified atom stereocenters. The molecule has 1 aliphatic rings. The van der Waals surface area contributed by atoms with Crippen molar-refractivity contribution in [2.75, 3.05) is 45.6 Å². The van der Waals surface area contributed by atoms with Crippen LogP contribution in [0, 0.1) is 13.8 Å². The molecule has 5 nitrogen and oxygen atoms in total. The Balaban J connectivity index is 1.92. The molecule has 0 saturated carbocycles. The third-order valence-corrected chi connectivity index (χ3v) is 3.70. The number of hydrogen-bond acceptors (Lipinski definition) is 5. The lowest BCUT2D eigenvalue weighted by atomic mass is 10.2. The van der Waals surface area contributed by atoms with E-state index in [1.165, 1.54) is 0 Å². The van der Waals surface area contributed by atoms with Crippen LogP contribution in [0.25, 0.3) is 0 Å². The minimum Gasteiger partial charge on any atom is -0.353 e. The standard InChI is InChI=1S/C13H23N5/c1-10-7-14-13(16-11(10)2)15-8-12-9-17(3)5-6-18(12)4/h7,12H,5-6,8-9H2,1-4H3,(H,14,15,16). The Morgan fingerprint density at radius 3 is 2.83 bits per heavy atom. The van der Waals surface area contributed by atoms with E-state index in [1.807, 2.05) is 20.0 Å². The summed E-state index contributed by atoms with van der Waals surface area (Å²) in [5.41, 5.74) is 2.18. The summed E-state index contributed by atoms with van der Waals surface area (Å²) in [4.78, 5) is 13.5. The predicted molar refractivity (Wildman–Crippen MR) is 73.9 cm³/mol. The van der Waals surface area contributed by atoms with Gasteiger partial charge in [-0.3, -0.25) is 4.90 Å². The molecule has 1 aromatic heterocycles. The second-order valence-corrected chi connectivity index (χ2v) is 5.24. The Bertz CT molecular complexity index is 406. The van der Waals surface area contributed by atoms with E-state index < -0.39 is 0 Å². The van der Waals surface area contributed by atoms with Gasteiger partial charge in [0.15, 0.2) is 0 Å². The first kappa shape index (κ1) is 13.2. The summed E-state index contributed by atoms with van der Waals surface area (Å²) in [6, 6.07) is 0.522. The number of hydrogen-bond donors (Lipinski definition) is 1. The van der Waals surface area contributed by atoms with E-state index in [-0.39, 0.29) is 0 Å². The van der Waals surface area contributed by atoms with Gasteiger partial charge in [-0.2, -0.15) is 0 Å². The highest BCUT2D eigenvalue weighted by Gasteiger charge is 2.21. The molecule has 0 aromatic carbocycles. The number of aryl methyl sites for hydroxylation is 2. The van der Waals surface area contributed by atoms with Gasteiger partial charge < -0.3 is 10.2 Å². The van der Waals surface area contributed by atoms with Crippen molar-refractivity contribution in [3.8, 4) is 0 Å². The van der Waals surface area contributed by atoms with Gasteiger partial charge in [0.1, 0.15) is 0 Å². The molecule has 2 rings (SSSR count). The maximum atomic E-state index is 4.45. The van der Waals surface area contributed by atoms with Gasteiger partial charge in [0, 0.05) is 44.1 Å². The maximum Gasteiger partial charge on any atom is 0.222 e. The fourth-order valence-corrected chi connectivity index (χ4v) is 2.14. The van der Waals surface area contributed by atoms with Crippen molar-refractivity contribution in [3.05, 3.63) is 17.5 Å². The minimum absolute atomic E-state index is 0.522. The van der Waals surface area contributed by atoms with Gasteiger partial charge in [0.25, 0.3) is 0 Å². The fraction of sp³-hybridized carbons (Fsp3) is 0.692. The Labute approximate surface area is 109 Å². The first-order valence-corrected chi connectivity index (χ1v) is 6.49. The zero-order valence-corrected chi connectivity index (χ0v) is 11.8. The largest absolute Gasteiger partial charge is 0.353 e. The van der Waals surface area contributed by atoms with Crippen LogP contribution in [-0.2, 0) is 0 Å². The first-order chi connectivity index (χ1) is 8.56. The molecule has 1 saturated heterocycles. The molecule has 0 radical (unpaired) electrons. The number of rotatable bonds is 3. The zero-order valence-electron chi connectivity index (χ0n) is 11.8. The highest BCUT2D eigenvalue weighted by molar-refractivity contribution is 5.28. The summed E-state index contributed by atoms with van der Waals surface area (Å²) in [6.45, 7) is 8.30. The minimum atomic E-state index is 0.522. The number of aromatic nitrogens is 2. The van der Waals surface area contributed by atoms with E-state index in [0.717, 1.165) is 43.4 Å². The maximum absolute atomic E-state index is 4.45. The van der Waals surface area contributed by atoms with Crippen LogP contribution < -0.4 is 5.32 Å². The lowest BCUT2D eigenvalue weighted by molar-refractivity contribution is 0.121. The van der Waals surface area contributed by atoms with Crippen LogP contribution in [0.3, 0.4) is 0 Å². The van der Waals surface area contributed by atoms with Crippen LogP contribution in [-0.4, -0.2) is 66.1 Å². The second kappa shape index (κ2) is 5.63. The molecule has 1 fully saturated rings. The van der Waals surface area contributed by atoms with Crippen LogP contribution in [0.15, 0.2) is 6.20 Å². The Morgan fingerprint density at radius 2 is 2.11 bits per heavy atom. The molecule has 0 amide bonds. The average Bonchev–Trinajstić information content (AvgIpc) is 2.34. The van der Waals surface area contributed by atoms with E-state index in [1.54, 1.807) is 0 Å². The molecule has 100 valence electrons. The van der Waals surface area contributed by atoms with E-state index in [2.05, 4.69) is 39.2 Å². The summed E-state index contributed by atoms with van der Waals surface area (Å²) in [5.74, 6) is 0.736. The molecule has 1 aliphatic heterocycles. The zero-order chi connectivity index (χ0) is 13.1.